The van der Waals surface area contributed by atoms with Crippen molar-refractivity contribution in [2.24, 2.45) is 7.05 Å². The van der Waals surface area contributed by atoms with Crippen molar-refractivity contribution in [3.8, 4) is 0 Å². The lowest BCUT2D eigenvalue weighted by Crippen LogP contribution is -2.33. The Labute approximate surface area is 99.6 Å². The van der Waals surface area contributed by atoms with Crippen LogP contribution in [0.2, 0.25) is 5.15 Å². The molecule has 0 aromatic carbocycles. The summed E-state index contributed by atoms with van der Waals surface area (Å²) >= 11 is 7.95. The summed E-state index contributed by atoms with van der Waals surface area (Å²) in [7, 11) is 1.95. The average Bonchev–Trinajstić information content (AvgIpc) is 2.59. The predicted molar refractivity (Wildman–Crippen MR) is 65.4 cm³/mol. The van der Waals surface area contributed by atoms with Gasteiger partial charge in [-0.15, -0.1) is 0 Å². The minimum absolute atomic E-state index is 0.638. The van der Waals surface area contributed by atoms with Crippen LogP contribution < -0.4 is 5.32 Å². The zero-order valence-corrected chi connectivity index (χ0v) is 10.4. The molecule has 1 fully saturated rings. The van der Waals surface area contributed by atoms with Crippen molar-refractivity contribution in [3.63, 3.8) is 0 Å². The molecular formula is C10H16ClN3S. The van der Waals surface area contributed by atoms with Crippen LogP contribution in [0.1, 0.15) is 18.7 Å². The van der Waals surface area contributed by atoms with E-state index in [1.807, 2.05) is 23.4 Å². The third-order valence-electron chi connectivity index (χ3n) is 2.74. The lowest BCUT2D eigenvalue weighted by molar-refractivity contribution is 0.493. The molecule has 2 rings (SSSR count). The molecule has 1 saturated heterocycles. The van der Waals surface area contributed by atoms with Crippen molar-refractivity contribution in [2.75, 3.05) is 11.5 Å². The monoisotopic (exact) mass is 245 g/mol. The fourth-order valence-corrected chi connectivity index (χ4v) is 2.98. The Hall–Kier alpha value is -0.190. The Kier molecular flexibility index (Phi) is 3.94. The van der Waals surface area contributed by atoms with Gasteiger partial charge in [0.1, 0.15) is 11.0 Å². The second kappa shape index (κ2) is 5.23. The van der Waals surface area contributed by atoms with E-state index in [2.05, 4.69) is 10.3 Å². The van der Waals surface area contributed by atoms with E-state index in [0.717, 1.165) is 12.4 Å². The summed E-state index contributed by atoms with van der Waals surface area (Å²) in [6, 6.07) is 0.638. The molecule has 0 bridgehead atoms. The second-order valence-electron chi connectivity index (χ2n) is 3.85. The van der Waals surface area contributed by atoms with Crippen molar-refractivity contribution in [3.05, 3.63) is 17.2 Å². The molecule has 84 valence electrons. The lowest BCUT2D eigenvalue weighted by atomic mass is 10.2. The molecule has 1 aromatic rings. The van der Waals surface area contributed by atoms with Crippen LogP contribution in [-0.4, -0.2) is 27.1 Å². The van der Waals surface area contributed by atoms with E-state index in [0.29, 0.717) is 11.2 Å². The fourth-order valence-electron chi connectivity index (χ4n) is 1.73. The molecule has 2 heterocycles. The number of hydrogen-bond donors (Lipinski definition) is 1. The average molecular weight is 246 g/mol. The van der Waals surface area contributed by atoms with Crippen LogP contribution in [0.25, 0.3) is 0 Å². The van der Waals surface area contributed by atoms with Gasteiger partial charge in [0, 0.05) is 18.8 Å². The maximum absolute atomic E-state index is 5.92. The molecule has 1 unspecified atom stereocenters. The first-order valence-corrected chi connectivity index (χ1v) is 6.78. The van der Waals surface area contributed by atoms with Crippen molar-refractivity contribution in [1.82, 2.24) is 14.9 Å². The first kappa shape index (κ1) is 11.3. The van der Waals surface area contributed by atoms with E-state index >= 15 is 0 Å². The van der Waals surface area contributed by atoms with Gasteiger partial charge in [0.05, 0.1) is 12.7 Å². The quantitative estimate of drug-likeness (QED) is 0.884. The Bertz CT molecular complexity index is 320. The van der Waals surface area contributed by atoms with Crippen LogP contribution in [0.3, 0.4) is 0 Å². The van der Waals surface area contributed by atoms with Crippen molar-refractivity contribution < 1.29 is 0 Å². The molecule has 0 aliphatic carbocycles. The van der Waals surface area contributed by atoms with E-state index in [1.54, 1.807) is 6.20 Å². The second-order valence-corrected chi connectivity index (χ2v) is 5.39. The van der Waals surface area contributed by atoms with Gasteiger partial charge in [-0.2, -0.15) is 11.8 Å². The maximum atomic E-state index is 5.92. The van der Waals surface area contributed by atoms with Gasteiger partial charge in [0.15, 0.2) is 0 Å². The minimum atomic E-state index is 0.638. The zero-order valence-electron chi connectivity index (χ0n) is 8.87. The molecule has 5 heteroatoms. The minimum Gasteiger partial charge on any atom is -0.321 e. The molecule has 1 N–H and O–H groups in total. The predicted octanol–water partition coefficient (Wildman–Crippen LogP) is 2.06. The topological polar surface area (TPSA) is 29.9 Å². The van der Waals surface area contributed by atoms with Crippen LogP contribution in [0.4, 0.5) is 0 Å². The summed E-state index contributed by atoms with van der Waals surface area (Å²) in [5.74, 6) is 3.54. The van der Waals surface area contributed by atoms with Gasteiger partial charge >= 0.3 is 0 Å². The van der Waals surface area contributed by atoms with Crippen LogP contribution in [0, 0.1) is 0 Å². The van der Waals surface area contributed by atoms with Crippen LogP contribution in [0.15, 0.2) is 6.20 Å². The number of nitrogens with one attached hydrogen (secondary N) is 1. The summed E-state index contributed by atoms with van der Waals surface area (Å²) in [5, 5.41) is 4.23. The highest BCUT2D eigenvalue weighted by Gasteiger charge is 2.13. The van der Waals surface area contributed by atoms with Gasteiger partial charge in [-0.25, -0.2) is 4.98 Å². The molecule has 0 radical (unpaired) electrons. The maximum Gasteiger partial charge on any atom is 0.128 e. The highest BCUT2D eigenvalue weighted by Crippen LogP contribution is 2.17. The first-order valence-electron chi connectivity index (χ1n) is 5.24. The number of aromatic nitrogens is 2. The van der Waals surface area contributed by atoms with E-state index in [1.165, 1.54) is 24.3 Å². The first-order chi connectivity index (χ1) is 7.27. The zero-order chi connectivity index (χ0) is 10.7. The van der Waals surface area contributed by atoms with Crippen molar-refractivity contribution >= 4 is 23.4 Å². The van der Waals surface area contributed by atoms with E-state index in [-0.39, 0.29) is 0 Å². The summed E-state index contributed by atoms with van der Waals surface area (Å²) in [5.41, 5.74) is 0. The van der Waals surface area contributed by atoms with E-state index < -0.39 is 0 Å². The Morgan fingerprint density at radius 1 is 1.73 bits per heavy atom. The molecule has 0 amide bonds. The molecule has 1 aromatic heterocycles. The number of halogens is 1. The summed E-state index contributed by atoms with van der Waals surface area (Å²) in [6.07, 6.45) is 4.31. The Morgan fingerprint density at radius 3 is 3.20 bits per heavy atom. The summed E-state index contributed by atoms with van der Waals surface area (Å²) in [4.78, 5) is 4.26. The summed E-state index contributed by atoms with van der Waals surface area (Å²) in [6.45, 7) is 0.814. The molecular weight excluding hydrogens is 230 g/mol. The van der Waals surface area contributed by atoms with Crippen LogP contribution in [0.5, 0.6) is 0 Å². The standard InChI is InChI=1S/C10H16ClN3S/c1-14-9(11)5-13-10(14)6-12-8-3-2-4-15-7-8/h5,8,12H,2-4,6-7H2,1H3. The molecule has 0 spiro atoms. The normalized spacial score (nSPS) is 21.9. The van der Waals surface area contributed by atoms with Gasteiger partial charge < -0.3 is 9.88 Å². The Morgan fingerprint density at radius 2 is 2.60 bits per heavy atom. The molecule has 1 aliphatic rings. The third-order valence-corrected chi connectivity index (χ3v) is 4.30. The van der Waals surface area contributed by atoms with Crippen molar-refractivity contribution in [2.45, 2.75) is 25.4 Å². The van der Waals surface area contributed by atoms with Crippen LogP contribution >= 0.6 is 23.4 Å². The van der Waals surface area contributed by atoms with Gasteiger partial charge in [-0.1, -0.05) is 11.6 Å². The molecule has 1 aliphatic heterocycles. The van der Waals surface area contributed by atoms with Gasteiger partial charge in [-0.3, -0.25) is 0 Å². The van der Waals surface area contributed by atoms with Crippen LogP contribution in [-0.2, 0) is 13.6 Å². The number of rotatable bonds is 3. The highest BCUT2D eigenvalue weighted by atomic mass is 35.5. The van der Waals surface area contributed by atoms with Gasteiger partial charge in [0.25, 0.3) is 0 Å². The van der Waals surface area contributed by atoms with E-state index in [4.69, 9.17) is 11.6 Å². The number of thioether (sulfide) groups is 1. The van der Waals surface area contributed by atoms with Gasteiger partial charge in [0.2, 0.25) is 0 Å². The number of hydrogen-bond acceptors (Lipinski definition) is 3. The summed E-state index contributed by atoms with van der Waals surface area (Å²) < 4.78 is 1.92. The number of nitrogens with zero attached hydrogens (tertiary/aromatic N) is 2. The van der Waals surface area contributed by atoms with E-state index in [9.17, 15) is 0 Å². The van der Waals surface area contributed by atoms with Gasteiger partial charge in [-0.05, 0) is 18.6 Å². The number of imidazole rings is 1. The fraction of sp³-hybridized carbons (Fsp3) is 0.700. The lowest BCUT2D eigenvalue weighted by Gasteiger charge is -2.22. The molecule has 1 atom stereocenters. The smallest absolute Gasteiger partial charge is 0.128 e. The largest absolute Gasteiger partial charge is 0.321 e. The highest BCUT2D eigenvalue weighted by molar-refractivity contribution is 7.99. The molecule has 15 heavy (non-hydrogen) atoms. The molecule has 3 nitrogen and oxygen atoms in total. The van der Waals surface area contributed by atoms with Crippen molar-refractivity contribution in [1.29, 1.82) is 0 Å². The SMILES string of the molecule is Cn1c(Cl)cnc1CNC1CCCSC1. The third kappa shape index (κ3) is 2.89. The Balaban J connectivity index is 1.84. The molecule has 0 saturated carbocycles.